The molecule has 1 aromatic heterocycles. The summed E-state index contributed by atoms with van der Waals surface area (Å²) in [6, 6.07) is 5.38. The molecule has 1 aliphatic rings. The SMILES string of the molecule is CN1CCN(C(=O)Nc2nc(CC(=O)Nc3ccc(F)cc3)cs2)CC1. The molecular weight excluding hydrogens is 357 g/mol. The molecule has 9 heteroatoms. The first-order valence-corrected chi connectivity index (χ1v) is 9.12. The average Bonchev–Trinajstić information content (AvgIpc) is 3.04. The molecule has 0 saturated carbocycles. The van der Waals surface area contributed by atoms with Crippen molar-refractivity contribution in [2.45, 2.75) is 6.42 Å². The maximum absolute atomic E-state index is 12.9. The van der Waals surface area contributed by atoms with E-state index in [1.165, 1.54) is 35.6 Å². The Hall–Kier alpha value is -2.52. The summed E-state index contributed by atoms with van der Waals surface area (Å²) in [6.45, 7) is 3.06. The van der Waals surface area contributed by atoms with Crippen LogP contribution in [0.15, 0.2) is 29.6 Å². The number of aromatic nitrogens is 1. The number of anilines is 2. The molecule has 0 radical (unpaired) electrons. The van der Waals surface area contributed by atoms with E-state index >= 15 is 0 Å². The fraction of sp³-hybridized carbons (Fsp3) is 0.353. The zero-order valence-electron chi connectivity index (χ0n) is 14.4. The lowest BCUT2D eigenvalue weighted by atomic mass is 10.3. The number of benzene rings is 1. The number of nitrogens with zero attached hydrogens (tertiary/aromatic N) is 3. The van der Waals surface area contributed by atoms with E-state index in [2.05, 4.69) is 20.5 Å². The van der Waals surface area contributed by atoms with Gasteiger partial charge in [0.15, 0.2) is 5.13 Å². The molecule has 1 saturated heterocycles. The third kappa shape index (κ3) is 4.99. The quantitative estimate of drug-likeness (QED) is 0.857. The third-order valence-electron chi connectivity index (χ3n) is 4.03. The van der Waals surface area contributed by atoms with Crippen LogP contribution in [0.3, 0.4) is 0 Å². The van der Waals surface area contributed by atoms with Crippen LogP contribution in [0.4, 0.5) is 20.0 Å². The smallest absolute Gasteiger partial charge is 0.323 e. The summed E-state index contributed by atoms with van der Waals surface area (Å²) in [5, 5.41) is 7.67. The van der Waals surface area contributed by atoms with Crippen molar-refractivity contribution in [1.29, 1.82) is 0 Å². The van der Waals surface area contributed by atoms with Gasteiger partial charge >= 0.3 is 6.03 Å². The highest BCUT2D eigenvalue weighted by molar-refractivity contribution is 7.13. The van der Waals surface area contributed by atoms with Crippen molar-refractivity contribution in [2.24, 2.45) is 0 Å². The number of amides is 3. The van der Waals surface area contributed by atoms with Crippen LogP contribution in [-0.2, 0) is 11.2 Å². The van der Waals surface area contributed by atoms with Crippen LogP contribution in [0, 0.1) is 5.82 Å². The van der Waals surface area contributed by atoms with Crippen LogP contribution in [-0.4, -0.2) is 59.9 Å². The zero-order valence-corrected chi connectivity index (χ0v) is 15.2. The number of piperazine rings is 1. The van der Waals surface area contributed by atoms with Crippen molar-refractivity contribution in [3.8, 4) is 0 Å². The van der Waals surface area contributed by atoms with Crippen LogP contribution in [0.25, 0.3) is 0 Å². The first kappa shape index (κ1) is 18.3. The Bertz CT molecular complexity index is 772. The van der Waals surface area contributed by atoms with Crippen LogP contribution in [0.2, 0.25) is 0 Å². The van der Waals surface area contributed by atoms with Gasteiger partial charge in [-0.1, -0.05) is 0 Å². The topological polar surface area (TPSA) is 77.6 Å². The second-order valence-electron chi connectivity index (χ2n) is 6.10. The van der Waals surface area contributed by atoms with Gasteiger partial charge in [-0.25, -0.2) is 14.2 Å². The number of thiazole rings is 1. The summed E-state index contributed by atoms with van der Waals surface area (Å²) in [4.78, 5) is 32.5. The Balaban J connectivity index is 1.50. The van der Waals surface area contributed by atoms with Gasteiger partial charge in [-0.05, 0) is 31.3 Å². The van der Waals surface area contributed by atoms with Crippen molar-refractivity contribution in [1.82, 2.24) is 14.8 Å². The van der Waals surface area contributed by atoms with E-state index in [1.54, 1.807) is 10.3 Å². The lowest BCUT2D eigenvalue weighted by molar-refractivity contribution is -0.115. The van der Waals surface area contributed by atoms with Gasteiger partial charge < -0.3 is 15.1 Å². The van der Waals surface area contributed by atoms with Gasteiger partial charge in [0.25, 0.3) is 0 Å². The summed E-state index contributed by atoms with van der Waals surface area (Å²) >= 11 is 1.28. The van der Waals surface area contributed by atoms with Crippen molar-refractivity contribution in [3.05, 3.63) is 41.2 Å². The fourth-order valence-corrected chi connectivity index (χ4v) is 3.23. The molecule has 0 atom stereocenters. The number of hydrogen-bond donors (Lipinski definition) is 2. The summed E-state index contributed by atoms with van der Waals surface area (Å²) in [7, 11) is 2.03. The molecule has 0 spiro atoms. The maximum atomic E-state index is 12.9. The van der Waals surface area contributed by atoms with Gasteiger partial charge in [0, 0.05) is 37.2 Å². The van der Waals surface area contributed by atoms with Gasteiger partial charge in [0.2, 0.25) is 5.91 Å². The zero-order chi connectivity index (χ0) is 18.5. The summed E-state index contributed by atoms with van der Waals surface area (Å²) in [6.07, 6.45) is 0.0816. The molecule has 26 heavy (non-hydrogen) atoms. The van der Waals surface area contributed by atoms with Crippen molar-refractivity contribution >= 4 is 34.1 Å². The Morgan fingerprint density at radius 2 is 1.85 bits per heavy atom. The van der Waals surface area contributed by atoms with Gasteiger partial charge in [-0.3, -0.25) is 10.1 Å². The number of rotatable bonds is 4. The molecule has 2 aromatic rings. The largest absolute Gasteiger partial charge is 0.326 e. The van der Waals surface area contributed by atoms with E-state index in [1.807, 2.05) is 7.05 Å². The normalized spacial score (nSPS) is 14.9. The van der Waals surface area contributed by atoms with E-state index in [0.29, 0.717) is 29.6 Å². The Kier molecular flexibility index (Phi) is 5.79. The molecule has 0 unspecified atom stereocenters. The van der Waals surface area contributed by atoms with Crippen molar-refractivity contribution in [3.63, 3.8) is 0 Å². The molecule has 7 nitrogen and oxygen atoms in total. The highest BCUT2D eigenvalue weighted by Gasteiger charge is 2.20. The highest BCUT2D eigenvalue weighted by atomic mass is 32.1. The van der Waals surface area contributed by atoms with E-state index in [0.717, 1.165) is 13.1 Å². The van der Waals surface area contributed by atoms with Gasteiger partial charge in [0.05, 0.1) is 12.1 Å². The van der Waals surface area contributed by atoms with Crippen LogP contribution >= 0.6 is 11.3 Å². The number of nitrogens with one attached hydrogen (secondary N) is 2. The standard InChI is InChI=1S/C17H20FN5O2S/c1-22-6-8-23(9-7-22)17(25)21-16-20-14(11-26-16)10-15(24)19-13-4-2-12(18)3-5-13/h2-5,11H,6-10H2,1H3,(H,19,24)(H,20,21,25). The van der Waals surface area contributed by atoms with Gasteiger partial charge in [-0.15, -0.1) is 11.3 Å². The summed E-state index contributed by atoms with van der Waals surface area (Å²) in [5.41, 5.74) is 1.10. The molecule has 0 aliphatic carbocycles. The first-order chi connectivity index (χ1) is 12.5. The van der Waals surface area contributed by atoms with Crippen LogP contribution < -0.4 is 10.6 Å². The number of hydrogen-bond acceptors (Lipinski definition) is 5. The molecule has 1 fully saturated rings. The first-order valence-electron chi connectivity index (χ1n) is 8.24. The fourth-order valence-electron chi connectivity index (χ4n) is 2.53. The molecule has 2 N–H and O–H groups in total. The molecular formula is C17H20FN5O2S. The number of carbonyl (C=O) groups is 2. The molecule has 2 heterocycles. The summed E-state index contributed by atoms with van der Waals surface area (Å²) < 4.78 is 12.9. The molecule has 138 valence electrons. The lowest BCUT2D eigenvalue weighted by Crippen LogP contribution is -2.48. The minimum absolute atomic E-state index is 0.0816. The molecule has 3 amide bonds. The van der Waals surface area contributed by atoms with E-state index in [4.69, 9.17) is 0 Å². The number of carbonyl (C=O) groups excluding carboxylic acids is 2. The molecule has 0 bridgehead atoms. The molecule has 3 rings (SSSR count). The van der Waals surface area contributed by atoms with Crippen molar-refractivity contribution < 1.29 is 14.0 Å². The van der Waals surface area contributed by atoms with E-state index in [9.17, 15) is 14.0 Å². The van der Waals surface area contributed by atoms with Crippen LogP contribution in [0.5, 0.6) is 0 Å². The Morgan fingerprint density at radius 3 is 2.54 bits per heavy atom. The molecule has 1 aliphatic heterocycles. The second-order valence-corrected chi connectivity index (χ2v) is 6.95. The predicted octanol–water partition coefficient (Wildman–Crippen LogP) is 2.24. The van der Waals surface area contributed by atoms with Crippen LogP contribution in [0.1, 0.15) is 5.69 Å². The monoisotopic (exact) mass is 377 g/mol. The highest BCUT2D eigenvalue weighted by Crippen LogP contribution is 2.17. The number of likely N-dealkylation sites (N-methyl/N-ethyl adjacent to an activating group) is 1. The predicted molar refractivity (Wildman–Crippen MR) is 98.9 cm³/mol. The maximum Gasteiger partial charge on any atom is 0.323 e. The Morgan fingerprint density at radius 1 is 1.15 bits per heavy atom. The Labute approximate surface area is 154 Å². The van der Waals surface area contributed by atoms with Gasteiger partial charge in [-0.2, -0.15) is 0 Å². The third-order valence-corrected chi connectivity index (χ3v) is 4.83. The van der Waals surface area contributed by atoms with Crippen molar-refractivity contribution in [2.75, 3.05) is 43.9 Å². The lowest BCUT2D eigenvalue weighted by Gasteiger charge is -2.32. The second kappa shape index (κ2) is 8.24. The summed E-state index contributed by atoms with van der Waals surface area (Å²) in [5.74, 6) is -0.609. The number of halogens is 1. The minimum atomic E-state index is -0.358. The molecule has 1 aromatic carbocycles. The average molecular weight is 377 g/mol. The van der Waals surface area contributed by atoms with E-state index < -0.39 is 0 Å². The number of urea groups is 1. The van der Waals surface area contributed by atoms with E-state index in [-0.39, 0.29) is 24.2 Å². The minimum Gasteiger partial charge on any atom is -0.326 e. The van der Waals surface area contributed by atoms with Gasteiger partial charge in [0.1, 0.15) is 5.82 Å².